The molecule has 144 valence electrons. The van der Waals surface area contributed by atoms with E-state index in [1.165, 1.54) is 5.56 Å². The van der Waals surface area contributed by atoms with Crippen molar-refractivity contribution in [3.8, 4) is 11.4 Å². The van der Waals surface area contributed by atoms with Gasteiger partial charge in [0.25, 0.3) is 5.78 Å². The largest absolute Gasteiger partial charge is 0.395 e. The molecule has 0 fully saturated rings. The summed E-state index contributed by atoms with van der Waals surface area (Å²) in [5, 5.41) is 23.4. The summed E-state index contributed by atoms with van der Waals surface area (Å²) in [6.45, 7) is 9.20. The van der Waals surface area contributed by atoms with Crippen LogP contribution < -0.4 is 4.90 Å². The molecule has 0 amide bonds. The van der Waals surface area contributed by atoms with Crippen LogP contribution in [0.4, 0.5) is 5.82 Å². The third-order valence-electron chi connectivity index (χ3n) is 4.49. The van der Waals surface area contributed by atoms with E-state index >= 15 is 0 Å². The molecule has 0 atom stereocenters. The first-order valence-electron chi connectivity index (χ1n) is 9.15. The molecule has 7 nitrogen and oxygen atoms in total. The van der Waals surface area contributed by atoms with Crippen LogP contribution in [0.3, 0.4) is 0 Å². The molecule has 0 spiro atoms. The summed E-state index contributed by atoms with van der Waals surface area (Å²) >= 11 is 0. The number of rotatable bonds is 6. The summed E-state index contributed by atoms with van der Waals surface area (Å²) in [6, 6.07) is 10.1. The van der Waals surface area contributed by atoms with Crippen LogP contribution in [0.15, 0.2) is 30.3 Å². The van der Waals surface area contributed by atoms with Crippen LogP contribution in [0.1, 0.15) is 32.0 Å². The van der Waals surface area contributed by atoms with Crippen molar-refractivity contribution in [3.05, 3.63) is 41.6 Å². The van der Waals surface area contributed by atoms with Crippen molar-refractivity contribution >= 4 is 11.6 Å². The van der Waals surface area contributed by atoms with Crippen molar-refractivity contribution in [2.75, 3.05) is 31.2 Å². The standard InChI is InChI=1S/C20H27N5O2/c1-14-13-17(24(9-11-26)10-12-27)25-19(21-14)22-18(23-25)15-5-7-16(8-6-15)20(2,3)4/h5-8,13,26-27H,9-12H2,1-4H3. The van der Waals surface area contributed by atoms with Crippen molar-refractivity contribution in [1.82, 2.24) is 19.6 Å². The predicted octanol–water partition coefficient (Wildman–Crippen LogP) is 2.19. The highest BCUT2D eigenvalue weighted by atomic mass is 16.3. The zero-order valence-electron chi connectivity index (χ0n) is 16.3. The summed E-state index contributed by atoms with van der Waals surface area (Å²) < 4.78 is 1.67. The molecule has 0 aliphatic rings. The molecule has 2 heterocycles. The zero-order valence-corrected chi connectivity index (χ0v) is 16.3. The van der Waals surface area contributed by atoms with E-state index in [9.17, 15) is 10.2 Å². The van der Waals surface area contributed by atoms with Gasteiger partial charge in [-0.05, 0) is 17.9 Å². The van der Waals surface area contributed by atoms with Gasteiger partial charge in [-0.25, -0.2) is 4.98 Å². The molecule has 0 saturated carbocycles. The van der Waals surface area contributed by atoms with Crippen LogP contribution in [-0.2, 0) is 5.41 Å². The van der Waals surface area contributed by atoms with E-state index in [0.29, 0.717) is 24.7 Å². The number of aliphatic hydroxyl groups excluding tert-OH is 2. The van der Waals surface area contributed by atoms with Gasteiger partial charge in [-0.2, -0.15) is 9.50 Å². The molecule has 7 heteroatoms. The minimum absolute atomic E-state index is 0.0152. The second-order valence-corrected chi connectivity index (χ2v) is 7.66. The highest BCUT2D eigenvalue weighted by Crippen LogP contribution is 2.26. The van der Waals surface area contributed by atoms with Gasteiger partial charge in [-0.1, -0.05) is 45.0 Å². The summed E-state index contributed by atoms with van der Waals surface area (Å²) in [5.74, 6) is 1.86. The van der Waals surface area contributed by atoms with E-state index in [1.54, 1.807) is 4.52 Å². The summed E-state index contributed by atoms with van der Waals surface area (Å²) in [6.07, 6.45) is 0. The Bertz CT molecular complexity index is 907. The molecule has 2 aromatic heterocycles. The summed E-state index contributed by atoms with van der Waals surface area (Å²) in [5.41, 5.74) is 3.07. The Morgan fingerprint density at radius 3 is 2.19 bits per heavy atom. The van der Waals surface area contributed by atoms with Gasteiger partial charge >= 0.3 is 0 Å². The molecule has 1 aromatic carbocycles. The zero-order chi connectivity index (χ0) is 19.6. The Labute approximate surface area is 159 Å². The van der Waals surface area contributed by atoms with Crippen molar-refractivity contribution < 1.29 is 10.2 Å². The number of aryl methyl sites for hydroxylation is 1. The van der Waals surface area contributed by atoms with Gasteiger partial charge in [0.2, 0.25) is 0 Å². The second-order valence-electron chi connectivity index (χ2n) is 7.66. The highest BCUT2D eigenvalue weighted by Gasteiger charge is 2.17. The lowest BCUT2D eigenvalue weighted by molar-refractivity contribution is 0.280. The van der Waals surface area contributed by atoms with Gasteiger partial charge in [0.1, 0.15) is 5.82 Å². The quantitative estimate of drug-likeness (QED) is 0.693. The van der Waals surface area contributed by atoms with Crippen molar-refractivity contribution in [1.29, 1.82) is 0 Å². The minimum atomic E-state index is -0.0152. The predicted molar refractivity (Wildman–Crippen MR) is 106 cm³/mol. The number of hydrogen-bond donors (Lipinski definition) is 2. The topological polar surface area (TPSA) is 86.8 Å². The fraction of sp³-hybridized carbons (Fsp3) is 0.450. The molecular weight excluding hydrogens is 342 g/mol. The Kier molecular flexibility index (Phi) is 5.43. The number of aromatic nitrogens is 4. The highest BCUT2D eigenvalue weighted by molar-refractivity contribution is 5.59. The first-order valence-corrected chi connectivity index (χ1v) is 9.15. The van der Waals surface area contributed by atoms with Gasteiger partial charge < -0.3 is 15.1 Å². The first kappa shape index (κ1) is 19.3. The van der Waals surface area contributed by atoms with Crippen LogP contribution in [0.2, 0.25) is 0 Å². The molecule has 0 aliphatic heterocycles. The van der Waals surface area contributed by atoms with Crippen LogP contribution in [0, 0.1) is 6.92 Å². The number of aliphatic hydroxyl groups is 2. The van der Waals surface area contributed by atoms with Crippen LogP contribution >= 0.6 is 0 Å². The molecule has 27 heavy (non-hydrogen) atoms. The van der Waals surface area contributed by atoms with Gasteiger partial charge in [0.15, 0.2) is 5.82 Å². The molecule has 0 aliphatic carbocycles. The summed E-state index contributed by atoms with van der Waals surface area (Å²) in [7, 11) is 0. The Hall–Kier alpha value is -2.51. The lowest BCUT2D eigenvalue weighted by atomic mass is 9.87. The monoisotopic (exact) mass is 369 g/mol. The normalized spacial score (nSPS) is 11.9. The average molecular weight is 369 g/mol. The number of benzene rings is 1. The SMILES string of the molecule is Cc1cc(N(CCO)CCO)n2nc(-c3ccc(C(C)(C)C)cc3)nc2n1. The third kappa shape index (κ3) is 4.09. The lowest BCUT2D eigenvalue weighted by Gasteiger charge is -2.23. The third-order valence-corrected chi connectivity index (χ3v) is 4.49. The van der Waals surface area contributed by atoms with E-state index in [4.69, 9.17) is 0 Å². The van der Waals surface area contributed by atoms with E-state index in [2.05, 4.69) is 48.0 Å². The maximum atomic E-state index is 9.36. The Morgan fingerprint density at radius 1 is 1.00 bits per heavy atom. The lowest BCUT2D eigenvalue weighted by Crippen LogP contribution is -2.31. The van der Waals surface area contributed by atoms with Crippen LogP contribution in [-0.4, -0.2) is 56.1 Å². The number of fused-ring (bicyclic) bond motifs is 1. The first-order chi connectivity index (χ1) is 12.8. The molecule has 3 rings (SSSR count). The van der Waals surface area contributed by atoms with E-state index in [0.717, 1.165) is 17.1 Å². The molecule has 0 saturated heterocycles. The molecule has 2 N–H and O–H groups in total. The van der Waals surface area contributed by atoms with Crippen molar-refractivity contribution in [2.45, 2.75) is 33.1 Å². The minimum Gasteiger partial charge on any atom is -0.395 e. The molecule has 0 radical (unpaired) electrons. The van der Waals surface area contributed by atoms with E-state index in [1.807, 2.05) is 30.0 Å². The van der Waals surface area contributed by atoms with E-state index < -0.39 is 0 Å². The number of anilines is 1. The van der Waals surface area contributed by atoms with Gasteiger partial charge in [-0.3, -0.25) is 0 Å². The summed E-state index contributed by atoms with van der Waals surface area (Å²) in [4.78, 5) is 10.9. The average Bonchev–Trinajstić information content (AvgIpc) is 3.04. The maximum Gasteiger partial charge on any atom is 0.254 e. The fourth-order valence-electron chi connectivity index (χ4n) is 3.02. The van der Waals surface area contributed by atoms with Gasteiger partial charge in [0.05, 0.1) is 13.2 Å². The molecular formula is C20H27N5O2. The van der Waals surface area contributed by atoms with Gasteiger partial charge in [0, 0.05) is 30.4 Å². The number of nitrogens with zero attached hydrogens (tertiary/aromatic N) is 5. The maximum absolute atomic E-state index is 9.36. The Morgan fingerprint density at radius 2 is 1.63 bits per heavy atom. The molecule has 3 aromatic rings. The molecule has 0 unspecified atom stereocenters. The van der Waals surface area contributed by atoms with E-state index in [-0.39, 0.29) is 18.6 Å². The van der Waals surface area contributed by atoms with Crippen LogP contribution in [0.5, 0.6) is 0 Å². The van der Waals surface area contributed by atoms with Gasteiger partial charge in [-0.15, -0.1) is 5.10 Å². The molecule has 0 bridgehead atoms. The second kappa shape index (κ2) is 7.62. The fourth-order valence-corrected chi connectivity index (χ4v) is 3.02. The van der Waals surface area contributed by atoms with Crippen molar-refractivity contribution in [2.24, 2.45) is 0 Å². The van der Waals surface area contributed by atoms with Crippen LogP contribution in [0.25, 0.3) is 17.2 Å². The van der Waals surface area contributed by atoms with Crippen molar-refractivity contribution in [3.63, 3.8) is 0 Å². The number of hydrogen-bond acceptors (Lipinski definition) is 6. The Balaban J connectivity index is 2.05. The smallest absolute Gasteiger partial charge is 0.254 e.